The number of hydrogen-bond donors (Lipinski definition) is 2. The second-order valence-electron chi connectivity index (χ2n) is 5.85. The monoisotopic (exact) mass is 307 g/mol. The Morgan fingerprint density at radius 2 is 2.10 bits per heavy atom. The Kier molecular flexibility index (Phi) is 7.39. The molecule has 2 unspecified atom stereocenters. The molecule has 1 aliphatic heterocycles. The van der Waals surface area contributed by atoms with E-state index >= 15 is 0 Å². The van der Waals surface area contributed by atoms with Crippen molar-refractivity contribution < 1.29 is 13.2 Å². The molecular weight excluding hydrogens is 278 g/mol. The lowest BCUT2D eigenvalue weighted by molar-refractivity contribution is 0.155. The molecule has 0 spiro atoms. The zero-order valence-electron chi connectivity index (χ0n) is 13.1. The van der Waals surface area contributed by atoms with Gasteiger partial charge in [0.2, 0.25) is 0 Å². The van der Waals surface area contributed by atoms with Crippen LogP contribution in [0.4, 0.5) is 0 Å². The molecule has 0 aromatic heterocycles. The average Bonchev–Trinajstić information content (AvgIpc) is 2.38. The van der Waals surface area contributed by atoms with Gasteiger partial charge in [0.25, 0.3) is 10.2 Å². The van der Waals surface area contributed by atoms with Gasteiger partial charge in [-0.1, -0.05) is 13.8 Å². The van der Waals surface area contributed by atoms with Gasteiger partial charge in [-0.05, 0) is 38.3 Å². The van der Waals surface area contributed by atoms with Crippen LogP contribution in [0.1, 0.15) is 26.7 Å². The normalized spacial score (nSPS) is 23.1. The lowest BCUT2D eigenvalue weighted by Crippen LogP contribution is -2.52. The summed E-state index contributed by atoms with van der Waals surface area (Å²) in [6.07, 6.45) is 2.00. The molecule has 2 N–H and O–H groups in total. The molecule has 0 radical (unpaired) electrons. The SMILES string of the molecule is CNCC1CCCN(S(=O)(=O)NC(COC)C(C)C)C1. The fraction of sp³-hybridized carbons (Fsp3) is 1.00. The topological polar surface area (TPSA) is 70.7 Å². The van der Waals surface area contributed by atoms with E-state index in [-0.39, 0.29) is 12.0 Å². The third-order valence-electron chi connectivity index (χ3n) is 3.77. The van der Waals surface area contributed by atoms with Crippen LogP contribution < -0.4 is 10.0 Å². The zero-order chi connectivity index (χ0) is 15.2. The lowest BCUT2D eigenvalue weighted by Gasteiger charge is -2.33. The number of rotatable bonds is 8. The molecule has 0 aliphatic carbocycles. The molecule has 0 bridgehead atoms. The van der Waals surface area contributed by atoms with E-state index < -0.39 is 10.2 Å². The number of ether oxygens (including phenoxy) is 1. The summed E-state index contributed by atoms with van der Waals surface area (Å²) in [5.41, 5.74) is 0. The third-order valence-corrected chi connectivity index (χ3v) is 5.38. The zero-order valence-corrected chi connectivity index (χ0v) is 13.9. The Balaban J connectivity index is 2.66. The van der Waals surface area contributed by atoms with Crippen molar-refractivity contribution in [3.63, 3.8) is 0 Å². The predicted molar refractivity (Wildman–Crippen MR) is 80.8 cm³/mol. The molecular formula is C13H29N3O3S. The highest BCUT2D eigenvalue weighted by Gasteiger charge is 2.31. The molecule has 0 saturated carbocycles. The van der Waals surface area contributed by atoms with Crippen LogP contribution in [-0.4, -0.2) is 59.2 Å². The highest BCUT2D eigenvalue weighted by molar-refractivity contribution is 7.87. The molecule has 20 heavy (non-hydrogen) atoms. The number of piperidine rings is 1. The molecule has 1 aliphatic rings. The molecule has 1 saturated heterocycles. The van der Waals surface area contributed by atoms with Crippen molar-refractivity contribution in [2.75, 3.05) is 40.4 Å². The molecule has 1 fully saturated rings. The van der Waals surface area contributed by atoms with Crippen LogP contribution in [0.3, 0.4) is 0 Å². The molecule has 0 aromatic rings. The van der Waals surface area contributed by atoms with Gasteiger partial charge in [0.05, 0.1) is 6.61 Å². The van der Waals surface area contributed by atoms with Crippen LogP contribution in [-0.2, 0) is 14.9 Å². The summed E-state index contributed by atoms with van der Waals surface area (Å²) in [4.78, 5) is 0. The summed E-state index contributed by atoms with van der Waals surface area (Å²) in [6, 6.07) is -0.185. The van der Waals surface area contributed by atoms with Gasteiger partial charge in [-0.25, -0.2) is 0 Å². The summed E-state index contributed by atoms with van der Waals surface area (Å²) in [5.74, 6) is 0.591. The number of nitrogens with one attached hydrogen (secondary N) is 2. The summed E-state index contributed by atoms with van der Waals surface area (Å²) < 4.78 is 34.4. The van der Waals surface area contributed by atoms with E-state index in [9.17, 15) is 8.42 Å². The van der Waals surface area contributed by atoms with Crippen LogP contribution in [0.25, 0.3) is 0 Å². The molecule has 6 nitrogen and oxygen atoms in total. The molecule has 0 amide bonds. The van der Waals surface area contributed by atoms with Gasteiger partial charge in [-0.2, -0.15) is 17.4 Å². The van der Waals surface area contributed by atoms with Gasteiger partial charge in [-0.3, -0.25) is 0 Å². The average molecular weight is 307 g/mol. The van der Waals surface area contributed by atoms with Crippen molar-refractivity contribution in [1.82, 2.24) is 14.3 Å². The fourth-order valence-electron chi connectivity index (χ4n) is 2.51. The fourth-order valence-corrected chi connectivity index (χ4v) is 4.16. The maximum Gasteiger partial charge on any atom is 0.279 e. The maximum absolute atomic E-state index is 12.5. The van der Waals surface area contributed by atoms with Crippen LogP contribution in [0.5, 0.6) is 0 Å². The van der Waals surface area contributed by atoms with Crippen molar-refractivity contribution in [3.8, 4) is 0 Å². The van der Waals surface area contributed by atoms with Crippen LogP contribution in [0.15, 0.2) is 0 Å². The number of methoxy groups -OCH3 is 1. The first-order chi connectivity index (χ1) is 9.40. The van der Waals surface area contributed by atoms with Crippen molar-refractivity contribution in [2.45, 2.75) is 32.7 Å². The van der Waals surface area contributed by atoms with Crippen molar-refractivity contribution in [3.05, 3.63) is 0 Å². The minimum atomic E-state index is -3.43. The highest BCUT2D eigenvalue weighted by Crippen LogP contribution is 2.18. The Hall–Kier alpha value is -0.210. The van der Waals surface area contributed by atoms with E-state index in [4.69, 9.17) is 4.74 Å². The van der Waals surface area contributed by atoms with Crippen LogP contribution in [0, 0.1) is 11.8 Å². The predicted octanol–water partition coefficient (Wildman–Crippen LogP) is 0.423. The first kappa shape index (κ1) is 17.8. The van der Waals surface area contributed by atoms with E-state index in [2.05, 4.69) is 10.0 Å². The number of nitrogens with zero attached hydrogens (tertiary/aromatic N) is 1. The summed E-state index contributed by atoms with van der Waals surface area (Å²) in [5, 5.41) is 3.13. The second kappa shape index (κ2) is 8.29. The highest BCUT2D eigenvalue weighted by atomic mass is 32.2. The summed E-state index contributed by atoms with van der Waals surface area (Å²) in [7, 11) is 0.0672. The maximum atomic E-state index is 12.5. The Bertz CT molecular complexity index is 371. The Labute approximate surface area is 123 Å². The van der Waals surface area contributed by atoms with E-state index in [1.165, 1.54) is 0 Å². The van der Waals surface area contributed by atoms with Gasteiger partial charge in [0.1, 0.15) is 0 Å². The van der Waals surface area contributed by atoms with Crippen molar-refractivity contribution in [2.24, 2.45) is 11.8 Å². The quantitative estimate of drug-likeness (QED) is 0.682. The number of hydrogen-bond acceptors (Lipinski definition) is 4. The van der Waals surface area contributed by atoms with Crippen molar-refractivity contribution in [1.29, 1.82) is 0 Å². The summed E-state index contributed by atoms with van der Waals surface area (Å²) in [6.45, 7) is 6.43. The molecule has 120 valence electrons. The summed E-state index contributed by atoms with van der Waals surface area (Å²) >= 11 is 0. The van der Waals surface area contributed by atoms with E-state index in [0.29, 0.717) is 25.6 Å². The molecule has 1 heterocycles. The van der Waals surface area contributed by atoms with E-state index in [1.807, 2.05) is 20.9 Å². The first-order valence-electron chi connectivity index (χ1n) is 7.31. The van der Waals surface area contributed by atoms with Crippen LogP contribution >= 0.6 is 0 Å². The van der Waals surface area contributed by atoms with Crippen LogP contribution in [0.2, 0.25) is 0 Å². The minimum Gasteiger partial charge on any atom is -0.383 e. The Morgan fingerprint density at radius 1 is 1.40 bits per heavy atom. The van der Waals surface area contributed by atoms with Gasteiger partial charge in [0.15, 0.2) is 0 Å². The van der Waals surface area contributed by atoms with Gasteiger partial charge < -0.3 is 10.1 Å². The second-order valence-corrected chi connectivity index (χ2v) is 7.55. The van der Waals surface area contributed by atoms with Gasteiger partial charge in [0, 0.05) is 26.2 Å². The molecule has 7 heteroatoms. The molecule has 1 rings (SSSR count). The molecule has 0 aromatic carbocycles. The van der Waals surface area contributed by atoms with E-state index in [0.717, 1.165) is 19.4 Å². The van der Waals surface area contributed by atoms with E-state index in [1.54, 1.807) is 11.4 Å². The lowest BCUT2D eigenvalue weighted by atomic mass is 10.00. The van der Waals surface area contributed by atoms with Gasteiger partial charge in [-0.15, -0.1) is 0 Å². The van der Waals surface area contributed by atoms with Crippen molar-refractivity contribution >= 4 is 10.2 Å². The third kappa shape index (κ3) is 5.29. The first-order valence-corrected chi connectivity index (χ1v) is 8.75. The minimum absolute atomic E-state index is 0.185. The largest absolute Gasteiger partial charge is 0.383 e. The smallest absolute Gasteiger partial charge is 0.279 e. The molecule has 2 atom stereocenters. The Morgan fingerprint density at radius 3 is 2.65 bits per heavy atom. The standard InChI is InChI=1S/C13H29N3O3S/c1-11(2)13(10-19-4)15-20(17,18)16-7-5-6-12(9-16)8-14-3/h11-15H,5-10H2,1-4H3. The van der Waals surface area contributed by atoms with Gasteiger partial charge >= 0.3 is 0 Å².